The summed E-state index contributed by atoms with van der Waals surface area (Å²) in [6, 6.07) is 16.9. The van der Waals surface area contributed by atoms with E-state index in [-0.39, 0.29) is 15.7 Å². The van der Waals surface area contributed by atoms with Crippen LogP contribution in [0.3, 0.4) is 0 Å². The molecule has 5 aromatic rings. The number of hydrogen-bond donors (Lipinski definition) is 1. The van der Waals surface area contributed by atoms with Crippen molar-refractivity contribution in [3.05, 3.63) is 86.9 Å². The van der Waals surface area contributed by atoms with Crippen molar-refractivity contribution in [3.63, 3.8) is 0 Å². The number of aromatic nitrogens is 4. The fraction of sp³-hybridized carbons (Fsp3) is 0.0435. The second-order valence-electron chi connectivity index (χ2n) is 7.24. The van der Waals surface area contributed by atoms with E-state index in [4.69, 9.17) is 21.3 Å². The Kier molecular flexibility index (Phi) is 5.85. The molecule has 0 unspecified atom stereocenters. The molecular formula is C23H15ClN6O4S. The van der Waals surface area contributed by atoms with Gasteiger partial charge >= 0.3 is 5.00 Å². The van der Waals surface area contributed by atoms with Crippen LogP contribution in [-0.4, -0.2) is 37.7 Å². The lowest BCUT2D eigenvalue weighted by Gasteiger charge is -2.09. The Morgan fingerprint density at radius 3 is 2.49 bits per heavy atom. The monoisotopic (exact) mass is 506 g/mol. The van der Waals surface area contributed by atoms with Crippen LogP contribution in [0.1, 0.15) is 9.67 Å². The first-order chi connectivity index (χ1) is 16.9. The molecule has 35 heavy (non-hydrogen) atoms. The number of nitrogens with zero attached hydrogens (tertiary/aromatic N) is 5. The number of carbonyl (C=O) groups is 1. The molecule has 0 aliphatic heterocycles. The number of anilines is 1. The van der Waals surface area contributed by atoms with Crippen molar-refractivity contribution in [2.24, 2.45) is 0 Å². The van der Waals surface area contributed by atoms with E-state index in [0.29, 0.717) is 33.2 Å². The van der Waals surface area contributed by atoms with Crippen molar-refractivity contribution in [3.8, 4) is 22.8 Å². The molecule has 5 rings (SSSR count). The number of ether oxygens (including phenoxy) is 1. The van der Waals surface area contributed by atoms with Gasteiger partial charge in [0.25, 0.3) is 5.91 Å². The van der Waals surface area contributed by atoms with E-state index in [1.165, 1.54) is 12.1 Å². The van der Waals surface area contributed by atoms with E-state index in [0.717, 1.165) is 17.0 Å². The molecule has 0 bridgehead atoms. The van der Waals surface area contributed by atoms with Crippen molar-refractivity contribution in [1.29, 1.82) is 0 Å². The van der Waals surface area contributed by atoms with Crippen LogP contribution in [0.2, 0.25) is 5.02 Å². The third-order valence-electron chi connectivity index (χ3n) is 5.08. The van der Waals surface area contributed by atoms with Crippen LogP contribution in [0, 0.1) is 10.1 Å². The second-order valence-corrected chi connectivity index (χ2v) is 8.74. The number of hydrogen-bond acceptors (Lipinski definition) is 8. The molecule has 174 valence electrons. The Hall–Kier alpha value is -4.35. The molecule has 0 fully saturated rings. The average Bonchev–Trinajstić information content (AvgIpc) is 3.53. The number of nitrogens with one attached hydrogen (secondary N) is 1. The highest BCUT2D eigenvalue weighted by atomic mass is 35.5. The highest BCUT2D eigenvalue weighted by molar-refractivity contribution is 7.17. The predicted molar refractivity (Wildman–Crippen MR) is 133 cm³/mol. The van der Waals surface area contributed by atoms with Gasteiger partial charge < -0.3 is 10.1 Å². The van der Waals surface area contributed by atoms with Gasteiger partial charge in [0.05, 0.1) is 34.2 Å². The Labute approximate surface area is 206 Å². The van der Waals surface area contributed by atoms with Gasteiger partial charge in [-0.15, -0.1) is 0 Å². The van der Waals surface area contributed by atoms with Crippen molar-refractivity contribution >= 4 is 50.7 Å². The minimum atomic E-state index is -0.540. The lowest BCUT2D eigenvalue weighted by molar-refractivity contribution is -0.380. The first kappa shape index (κ1) is 22.4. The summed E-state index contributed by atoms with van der Waals surface area (Å²) in [4.78, 5) is 32.8. The maximum absolute atomic E-state index is 12.9. The molecule has 0 saturated heterocycles. The summed E-state index contributed by atoms with van der Waals surface area (Å²) < 4.78 is 6.85. The summed E-state index contributed by atoms with van der Waals surface area (Å²) in [5, 5.41) is 19.1. The third kappa shape index (κ3) is 4.42. The number of halogens is 1. The Bertz CT molecular complexity index is 1560. The van der Waals surface area contributed by atoms with Crippen molar-refractivity contribution in [1.82, 2.24) is 19.7 Å². The Balaban J connectivity index is 1.62. The van der Waals surface area contributed by atoms with Crippen molar-refractivity contribution in [2.75, 3.05) is 12.4 Å². The van der Waals surface area contributed by atoms with Gasteiger partial charge in [-0.05, 0) is 54.6 Å². The van der Waals surface area contributed by atoms with Gasteiger partial charge in [-0.2, -0.15) is 5.10 Å². The molecule has 0 spiro atoms. The van der Waals surface area contributed by atoms with Crippen LogP contribution in [-0.2, 0) is 0 Å². The number of thiophene rings is 1. The zero-order valence-corrected chi connectivity index (χ0v) is 19.6. The molecule has 1 N–H and O–H groups in total. The lowest BCUT2D eigenvalue weighted by atomic mass is 10.2. The molecule has 1 amide bonds. The molecule has 0 atom stereocenters. The van der Waals surface area contributed by atoms with Gasteiger partial charge in [-0.3, -0.25) is 14.9 Å². The molecule has 12 heteroatoms. The number of methoxy groups -OCH3 is 1. The lowest BCUT2D eigenvalue weighted by Crippen LogP contribution is -2.12. The standard InChI is InChI=1S/C23H15ClN6O4S/c1-34-16-8-6-15(7-9-16)29-22-17(12-25-29)21(26-20(27-22)13-2-4-14(24)5-3-13)28-23(31)18-10-11-19(35-18)30(32)33/h2-12H,1H3,(H,26,27,28,31). The van der Waals surface area contributed by atoms with E-state index >= 15 is 0 Å². The average molecular weight is 507 g/mol. The SMILES string of the molecule is COc1ccc(-n2ncc3c(NC(=O)c4ccc([N+](=O)[O-])s4)nc(-c4ccc(Cl)cc4)nc32)cc1. The summed E-state index contributed by atoms with van der Waals surface area (Å²) in [5.74, 6) is 0.736. The Morgan fingerprint density at radius 2 is 1.83 bits per heavy atom. The number of rotatable bonds is 6. The molecule has 3 aromatic heterocycles. The van der Waals surface area contributed by atoms with Crippen LogP contribution < -0.4 is 10.1 Å². The summed E-state index contributed by atoms with van der Waals surface area (Å²) in [6.07, 6.45) is 1.55. The minimum Gasteiger partial charge on any atom is -0.497 e. The Morgan fingerprint density at radius 1 is 1.09 bits per heavy atom. The number of benzene rings is 2. The van der Waals surface area contributed by atoms with Crippen LogP contribution in [0.25, 0.3) is 28.1 Å². The quantitative estimate of drug-likeness (QED) is 0.242. The predicted octanol–water partition coefficient (Wildman–Crippen LogP) is 5.37. The zero-order valence-electron chi connectivity index (χ0n) is 18.0. The second kappa shape index (κ2) is 9.12. The van der Waals surface area contributed by atoms with Gasteiger partial charge in [-0.25, -0.2) is 14.6 Å². The molecule has 3 heterocycles. The van der Waals surface area contributed by atoms with Crippen molar-refractivity contribution in [2.45, 2.75) is 0 Å². The van der Waals surface area contributed by atoms with Gasteiger partial charge in [0, 0.05) is 16.7 Å². The van der Waals surface area contributed by atoms with Gasteiger partial charge in [0.1, 0.15) is 11.6 Å². The first-order valence-corrected chi connectivity index (χ1v) is 11.3. The third-order valence-corrected chi connectivity index (χ3v) is 6.36. The fourth-order valence-corrected chi connectivity index (χ4v) is 4.20. The van der Waals surface area contributed by atoms with Gasteiger partial charge in [0.15, 0.2) is 11.5 Å². The summed E-state index contributed by atoms with van der Waals surface area (Å²) >= 11 is 6.81. The fourth-order valence-electron chi connectivity index (χ4n) is 3.36. The number of fused-ring (bicyclic) bond motifs is 1. The van der Waals surface area contributed by atoms with Crippen LogP contribution in [0.15, 0.2) is 66.9 Å². The summed E-state index contributed by atoms with van der Waals surface area (Å²) in [7, 11) is 1.58. The highest BCUT2D eigenvalue weighted by Gasteiger charge is 2.20. The molecule has 0 radical (unpaired) electrons. The minimum absolute atomic E-state index is 0.128. The molecule has 0 saturated carbocycles. The first-order valence-electron chi connectivity index (χ1n) is 10.1. The van der Waals surface area contributed by atoms with Crippen LogP contribution in [0.4, 0.5) is 10.8 Å². The number of nitro groups is 1. The van der Waals surface area contributed by atoms with E-state index in [9.17, 15) is 14.9 Å². The van der Waals surface area contributed by atoms with E-state index in [1.54, 1.807) is 54.4 Å². The van der Waals surface area contributed by atoms with E-state index < -0.39 is 10.8 Å². The molecule has 10 nitrogen and oxygen atoms in total. The molecule has 2 aromatic carbocycles. The maximum atomic E-state index is 12.9. The van der Waals surface area contributed by atoms with Gasteiger partial charge in [-0.1, -0.05) is 22.9 Å². The van der Waals surface area contributed by atoms with Gasteiger partial charge in [0.2, 0.25) is 0 Å². The maximum Gasteiger partial charge on any atom is 0.324 e. The number of carbonyl (C=O) groups excluding carboxylic acids is 1. The highest BCUT2D eigenvalue weighted by Crippen LogP contribution is 2.29. The van der Waals surface area contributed by atoms with Crippen molar-refractivity contribution < 1.29 is 14.5 Å². The van der Waals surface area contributed by atoms with Crippen LogP contribution in [0.5, 0.6) is 5.75 Å². The van der Waals surface area contributed by atoms with Crippen LogP contribution >= 0.6 is 22.9 Å². The summed E-state index contributed by atoms with van der Waals surface area (Å²) in [5.41, 5.74) is 1.87. The number of amides is 1. The smallest absolute Gasteiger partial charge is 0.324 e. The summed E-state index contributed by atoms with van der Waals surface area (Å²) in [6.45, 7) is 0. The zero-order chi connectivity index (χ0) is 24.5. The largest absolute Gasteiger partial charge is 0.497 e. The normalized spacial score (nSPS) is 10.9. The molecule has 0 aliphatic rings. The van der Waals surface area contributed by atoms with E-state index in [2.05, 4.69) is 15.4 Å². The molecule has 0 aliphatic carbocycles. The topological polar surface area (TPSA) is 125 Å². The van der Waals surface area contributed by atoms with E-state index in [1.807, 2.05) is 12.1 Å². The molecular weight excluding hydrogens is 492 g/mol.